The first-order valence-electron chi connectivity index (χ1n) is 5.99. The molecule has 0 aliphatic carbocycles. The summed E-state index contributed by atoms with van der Waals surface area (Å²) in [4.78, 5) is 22.3. The van der Waals surface area contributed by atoms with Crippen molar-refractivity contribution < 1.29 is 9.90 Å². The lowest BCUT2D eigenvalue weighted by atomic mass is 10.2. The van der Waals surface area contributed by atoms with Crippen LogP contribution in [0.25, 0.3) is 10.1 Å². The first-order valence-corrected chi connectivity index (χ1v) is 6.76. The summed E-state index contributed by atoms with van der Waals surface area (Å²) in [5.41, 5.74) is 0.0637. The summed E-state index contributed by atoms with van der Waals surface area (Å²) in [6.45, 7) is 0.678. The van der Waals surface area contributed by atoms with Gasteiger partial charge in [0.05, 0.1) is 10.1 Å². The number of hydrogen-bond donors (Lipinski definition) is 1. The molecule has 0 bridgehead atoms. The Morgan fingerprint density at radius 1 is 1.22 bits per heavy atom. The molecule has 0 saturated carbocycles. The van der Waals surface area contributed by atoms with Gasteiger partial charge in [-0.05, 0) is 25.0 Å². The number of benzene rings is 1. The number of unbranched alkanes of at least 4 members (excludes halogenated alkanes) is 2. The van der Waals surface area contributed by atoms with Gasteiger partial charge in [0, 0.05) is 13.0 Å². The predicted octanol–water partition coefficient (Wildman–Crippen LogP) is 2.71. The second kappa shape index (κ2) is 5.82. The summed E-state index contributed by atoms with van der Waals surface area (Å²) >= 11 is 1.48. The van der Waals surface area contributed by atoms with Gasteiger partial charge in [0.2, 0.25) is 0 Å². The zero-order valence-electron chi connectivity index (χ0n) is 9.96. The minimum absolute atomic E-state index is 0.0637. The van der Waals surface area contributed by atoms with Crippen LogP contribution < -0.4 is 5.56 Å². The molecule has 5 heteroatoms. The molecule has 0 aliphatic heterocycles. The number of aromatic nitrogens is 1. The summed E-state index contributed by atoms with van der Waals surface area (Å²) in [5, 5.41) is 9.29. The molecule has 4 nitrogen and oxygen atoms in total. The number of carbonyl (C=O) groups is 1. The van der Waals surface area contributed by atoms with E-state index < -0.39 is 5.97 Å². The standard InChI is InChI=1S/C13H15NO3S/c15-12(16)8-2-1-5-9-14-13(17)10-6-3-4-7-11(10)18-14/h3-4,6-7H,1-2,5,8-9H2,(H,15,16). The maximum Gasteiger partial charge on any atom is 0.303 e. The van der Waals surface area contributed by atoms with Crippen molar-refractivity contribution in [1.29, 1.82) is 0 Å². The van der Waals surface area contributed by atoms with Crippen molar-refractivity contribution in [3.8, 4) is 0 Å². The van der Waals surface area contributed by atoms with E-state index in [0.29, 0.717) is 13.0 Å². The highest BCUT2D eigenvalue weighted by Crippen LogP contribution is 2.16. The number of aryl methyl sites for hydroxylation is 1. The average Bonchev–Trinajstić information content (AvgIpc) is 2.66. The second-order valence-electron chi connectivity index (χ2n) is 4.20. The van der Waals surface area contributed by atoms with Gasteiger partial charge in [-0.3, -0.25) is 13.5 Å². The average molecular weight is 265 g/mol. The van der Waals surface area contributed by atoms with Gasteiger partial charge >= 0.3 is 5.97 Å². The maximum atomic E-state index is 12.0. The number of hydrogen-bond acceptors (Lipinski definition) is 3. The van der Waals surface area contributed by atoms with Crippen molar-refractivity contribution in [2.24, 2.45) is 0 Å². The zero-order valence-corrected chi connectivity index (χ0v) is 10.8. The van der Waals surface area contributed by atoms with Gasteiger partial charge < -0.3 is 5.11 Å². The fourth-order valence-corrected chi connectivity index (χ4v) is 2.91. The van der Waals surface area contributed by atoms with Crippen molar-refractivity contribution in [2.45, 2.75) is 32.2 Å². The molecule has 1 N–H and O–H groups in total. The minimum Gasteiger partial charge on any atom is -0.481 e. The van der Waals surface area contributed by atoms with Crippen LogP contribution in [-0.4, -0.2) is 15.0 Å². The lowest BCUT2D eigenvalue weighted by Crippen LogP contribution is -2.12. The highest BCUT2D eigenvalue weighted by Gasteiger charge is 2.06. The summed E-state index contributed by atoms with van der Waals surface area (Å²) < 4.78 is 2.76. The predicted molar refractivity (Wildman–Crippen MR) is 72.2 cm³/mol. The minimum atomic E-state index is -0.756. The Bertz CT molecular complexity index is 600. The van der Waals surface area contributed by atoms with Gasteiger partial charge in [-0.1, -0.05) is 30.1 Å². The van der Waals surface area contributed by atoms with E-state index in [2.05, 4.69) is 0 Å². The van der Waals surface area contributed by atoms with Crippen molar-refractivity contribution in [3.63, 3.8) is 0 Å². The van der Waals surface area contributed by atoms with E-state index in [4.69, 9.17) is 5.11 Å². The zero-order chi connectivity index (χ0) is 13.0. The number of fused-ring (bicyclic) bond motifs is 1. The Morgan fingerprint density at radius 2 is 2.00 bits per heavy atom. The Morgan fingerprint density at radius 3 is 2.72 bits per heavy atom. The molecule has 0 amide bonds. The number of aliphatic carboxylic acids is 1. The fourth-order valence-electron chi connectivity index (χ4n) is 1.87. The van der Waals surface area contributed by atoms with Gasteiger partial charge in [-0.15, -0.1) is 0 Å². The van der Waals surface area contributed by atoms with E-state index in [0.717, 1.165) is 22.9 Å². The molecular formula is C13H15NO3S. The lowest BCUT2D eigenvalue weighted by molar-refractivity contribution is -0.137. The van der Waals surface area contributed by atoms with E-state index in [-0.39, 0.29) is 12.0 Å². The Balaban J connectivity index is 1.94. The number of carboxylic acids is 1. The molecule has 0 atom stereocenters. The smallest absolute Gasteiger partial charge is 0.303 e. The normalized spacial score (nSPS) is 10.9. The van der Waals surface area contributed by atoms with Gasteiger partial charge in [-0.25, -0.2) is 0 Å². The molecule has 2 aromatic rings. The SMILES string of the molecule is O=C(O)CCCCCn1sc2ccccc2c1=O. The van der Waals surface area contributed by atoms with Crippen LogP contribution in [0, 0.1) is 0 Å². The molecule has 0 spiro atoms. The molecule has 2 rings (SSSR count). The van der Waals surface area contributed by atoms with E-state index in [9.17, 15) is 9.59 Å². The van der Waals surface area contributed by atoms with Gasteiger partial charge in [-0.2, -0.15) is 0 Å². The Hall–Kier alpha value is -1.62. The maximum absolute atomic E-state index is 12.0. The Labute approximate surface area is 109 Å². The van der Waals surface area contributed by atoms with Gasteiger partial charge in [0.15, 0.2) is 0 Å². The van der Waals surface area contributed by atoms with Crippen LogP contribution in [0.3, 0.4) is 0 Å². The molecule has 1 heterocycles. The molecule has 0 unspecified atom stereocenters. The number of rotatable bonds is 6. The third-order valence-corrected chi connectivity index (χ3v) is 3.93. The monoisotopic (exact) mass is 265 g/mol. The van der Waals surface area contributed by atoms with E-state index in [1.165, 1.54) is 11.5 Å². The van der Waals surface area contributed by atoms with Crippen LogP contribution >= 0.6 is 11.5 Å². The molecule has 1 aromatic carbocycles. The molecule has 18 heavy (non-hydrogen) atoms. The molecule has 0 fully saturated rings. The number of carboxylic acid groups (broad SMARTS) is 1. The van der Waals surface area contributed by atoms with Crippen LogP contribution in [0.2, 0.25) is 0 Å². The largest absolute Gasteiger partial charge is 0.481 e. The van der Waals surface area contributed by atoms with Crippen molar-refractivity contribution in [1.82, 2.24) is 3.96 Å². The topological polar surface area (TPSA) is 59.3 Å². The first-order chi connectivity index (χ1) is 8.68. The third kappa shape index (κ3) is 2.98. The number of nitrogens with zero attached hydrogens (tertiary/aromatic N) is 1. The quantitative estimate of drug-likeness (QED) is 0.817. The second-order valence-corrected chi connectivity index (χ2v) is 5.26. The molecule has 96 valence electrons. The van der Waals surface area contributed by atoms with E-state index in [1.54, 1.807) is 3.96 Å². The van der Waals surface area contributed by atoms with Crippen LogP contribution in [-0.2, 0) is 11.3 Å². The van der Waals surface area contributed by atoms with Crippen molar-refractivity contribution in [3.05, 3.63) is 34.6 Å². The van der Waals surface area contributed by atoms with Crippen LogP contribution in [0.4, 0.5) is 0 Å². The molecular weight excluding hydrogens is 250 g/mol. The Kier molecular flexibility index (Phi) is 4.15. The summed E-state index contributed by atoms with van der Waals surface area (Å²) in [7, 11) is 0. The van der Waals surface area contributed by atoms with Crippen LogP contribution in [0.15, 0.2) is 29.1 Å². The van der Waals surface area contributed by atoms with E-state index >= 15 is 0 Å². The van der Waals surface area contributed by atoms with E-state index in [1.807, 2.05) is 24.3 Å². The highest BCUT2D eigenvalue weighted by molar-refractivity contribution is 7.13. The molecule has 0 radical (unpaired) electrons. The molecule has 1 aromatic heterocycles. The highest BCUT2D eigenvalue weighted by atomic mass is 32.1. The summed E-state index contributed by atoms with van der Waals surface area (Å²) in [6, 6.07) is 7.58. The van der Waals surface area contributed by atoms with Crippen LogP contribution in [0.5, 0.6) is 0 Å². The fraction of sp³-hybridized carbons (Fsp3) is 0.385. The van der Waals surface area contributed by atoms with Crippen LogP contribution in [0.1, 0.15) is 25.7 Å². The van der Waals surface area contributed by atoms with Crippen molar-refractivity contribution in [2.75, 3.05) is 0 Å². The summed E-state index contributed by atoms with van der Waals surface area (Å²) in [6.07, 6.45) is 2.57. The van der Waals surface area contributed by atoms with Gasteiger partial charge in [0.1, 0.15) is 0 Å². The summed E-state index contributed by atoms with van der Waals surface area (Å²) in [5.74, 6) is -0.756. The lowest BCUT2D eigenvalue weighted by Gasteiger charge is -1.99. The van der Waals surface area contributed by atoms with Gasteiger partial charge in [0.25, 0.3) is 5.56 Å². The molecule has 0 saturated heterocycles. The first kappa shape index (κ1) is 12.8. The van der Waals surface area contributed by atoms with Crippen molar-refractivity contribution >= 4 is 27.6 Å². The third-order valence-electron chi connectivity index (χ3n) is 2.80. The molecule has 0 aliphatic rings.